The zero-order valence-corrected chi connectivity index (χ0v) is 9.08. The van der Waals surface area contributed by atoms with E-state index in [1.54, 1.807) is 0 Å². The quantitative estimate of drug-likeness (QED) is 0.820. The lowest BCUT2D eigenvalue weighted by atomic mass is 10.3. The SMILES string of the molecule is O=S(=O)(c1ccccc1OC(F)F)C1CC1. The first-order chi connectivity index (χ1) is 7.51. The Balaban J connectivity index is 2.39. The molecule has 0 amide bonds. The average molecular weight is 248 g/mol. The van der Waals surface area contributed by atoms with E-state index in [1.807, 2.05) is 0 Å². The standard InChI is InChI=1S/C10H10F2O3S/c11-10(12)15-8-3-1-2-4-9(8)16(13,14)7-5-6-7/h1-4,7,10H,5-6H2. The van der Waals surface area contributed by atoms with Gasteiger partial charge < -0.3 is 4.74 Å². The molecule has 88 valence electrons. The van der Waals surface area contributed by atoms with Crippen molar-refractivity contribution >= 4 is 9.84 Å². The van der Waals surface area contributed by atoms with Crippen LogP contribution in [0, 0.1) is 0 Å². The molecule has 0 bridgehead atoms. The van der Waals surface area contributed by atoms with Crippen LogP contribution in [-0.4, -0.2) is 20.3 Å². The first-order valence-electron chi connectivity index (χ1n) is 4.79. The van der Waals surface area contributed by atoms with Crippen molar-refractivity contribution in [3.05, 3.63) is 24.3 Å². The van der Waals surface area contributed by atoms with Crippen LogP contribution in [0.25, 0.3) is 0 Å². The molecule has 0 saturated heterocycles. The van der Waals surface area contributed by atoms with E-state index in [1.165, 1.54) is 24.3 Å². The molecule has 0 aliphatic heterocycles. The van der Waals surface area contributed by atoms with E-state index in [9.17, 15) is 17.2 Å². The van der Waals surface area contributed by atoms with E-state index in [2.05, 4.69) is 4.74 Å². The van der Waals surface area contributed by atoms with Crippen LogP contribution in [0.4, 0.5) is 8.78 Å². The summed E-state index contributed by atoms with van der Waals surface area (Å²) in [6.07, 6.45) is 1.18. The van der Waals surface area contributed by atoms with E-state index in [4.69, 9.17) is 0 Å². The summed E-state index contributed by atoms with van der Waals surface area (Å²) in [6, 6.07) is 5.49. The van der Waals surface area contributed by atoms with Gasteiger partial charge in [-0.1, -0.05) is 12.1 Å². The van der Waals surface area contributed by atoms with E-state index in [-0.39, 0.29) is 10.6 Å². The second-order valence-corrected chi connectivity index (χ2v) is 5.77. The summed E-state index contributed by atoms with van der Waals surface area (Å²) < 4.78 is 52.1. The number of hydrogen-bond acceptors (Lipinski definition) is 3. The highest BCUT2D eigenvalue weighted by molar-refractivity contribution is 7.92. The van der Waals surface area contributed by atoms with E-state index < -0.39 is 21.7 Å². The largest absolute Gasteiger partial charge is 0.433 e. The summed E-state index contributed by atoms with van der Waals surface area (Å²) in [5.74, 6) is -0.274. The van der Waals surface area contributed by atoms with Crippen molar-refractivity contribution in [1.82, 2.24) is 0 Å². The van der Waals surface area contributed by atoms with Crippen molar-refractivity contribution in [1.29, 1.82) is 0 Å². The second-order valence-electron chi connectivity index (χ2n) is 3.57. The molecule has 0 heterocycles. The maximum atomic E-state index is 12.1. The fourth-order valence-electron chi connectivity index (χ4n) is 1.44. The van der Waals surface area contributed by atoms with Gasteiger partial charge in [-0.3, -0.25) is 0 Å². The third-order valence-electron chi connectivity index (χ3n) is 2.33. The van der Waals surface area contributed by atoms with Gasteiger partial charge in [0.2, 0.25) is 0 Å². The third kappa shape index (κ3) is 2.16. The van der Waals surface area contributed by atoms with Gasteiger partial charge in [0.25, 0.3) is 0 Å². The molecule has 1 aliphatic rings. The highest BCUT2D eigenvalue weighted by atomic mass is 32.2. The predicted molar refractivity (Wildman–Crippen MR) is 53.3 cm³/mol. The first-order valence-corrected chi connectivity index (χ1v) is 6.34. The number of alkyl halides is 2. The Morgan fingerprint density at radius 1 is 1.25 bits per heavy atom. The zero-order valence-electron chi connectivity index (χ0n) is 8.27. The summed E-state index contributed by atoms with van der Waals surface area (Å²) >= 11 is 0. The Kier molecular flexibility index (Phi) is 2.84. The van der Waals surface area contributed by atoms with Crippen LogP contribution < -0.4 is 4.74 Å². The molecule has 1 saturated carbocycles. The molecule has 0 atom stereocenters. The van der Waals surface area contributed by atoms with Gasteiger partial charge in [0, 0.05) is 0 Å². The monoisotopic (exact) mass is 248 g/mol. The van der Waals surface area contributed by atoms with Crippen LogP contribution in [0.15, 0.2) is 29.2 Å². The van der Waals surface area contributed by atoms with Crippen LogP contribution in [0.3, 0.4) is 0 Å². The van der Waals surface area contributed by atoms with Gasteiger partial charge in [-0.2, -0.15) is 8.78 Å². The molecule has 1 aromatic carbocycles. The summed E-state index contributed by atoms with van der Waals surface area (Å²) in [4.78, 5) is -0.141. The van der Waals surface area contributed by atoms with Gasteiger partial charge in [0.15, 0.2) is 9.84 Å². The maximum absolute atomic E-state index is 12.1. The number of rotatable bonds is 4. The molecule has 16 heavy (non-hydrogen) atoms. The minimum Gasteiger partial charge on any atom is -0.433 e. The fraction of sp³-hybridized carbons (Fsp3) is 0.400. The number of benzene rings is 1. The van der Waals surface area contributed by atoms with Gasteiger partial charge in [-0.05, 0) is 25.0 Å². The molecule has 6 heteroatoms. The number of ether oxygens (including phenoxy) is 1. The molecule has 3 nitrogen and oxygen atoms in total. The Bertz CT molecular complexity index is 481. The third-order valence-corrected chi connectivity index (χ3v) is 4.63. The van der Waals surface area contributed by atoms with Crippen molar-refractivity contribution in [2.75, 3.05) is 0 Å². The van der Waals surface area contributed by atoms with E-state index in [0.29, 0.717) is 12.8 Å². The minimum absolute atomic E-state index is 0.141. The molecule has 1 aromatic rings. The van der Waals surface area contributed by atoms with Crippen molar-refractivity contribution in [2.45, 2.75) is 29.6 Å². The molecule has 1 aliphatic carbocycles. The van der Waals surface area contributed by atoms with Crippen LogP contribution in [0.2, 0.25) is 0 Å². The summed E-state index contributed by atoms with van der Waals surface area (Å²) in [5, 5.41) is -0.435. The molecule has 0 N–H and O–H groups in total. The molecule has 1 fully saturated rings. The van der Waals surface area contributed by atoms with Gasteiger partial charge in [0.05, 0.1) is 5.25 Å². The molecule has 0 radical (unpaired) electrons. The lowest BCUT2D eigenvalue weighted by molar-refractivity contribution is -0.0517. The lowest BCUT2D eigenvalue weighted by Gasteiger charge is -2.10. The Morgan fingerprint density at radius 3 is 2.44 bits per heavy atom. The summed E-state index contributed by atoms with van der Waals surface area (Å²) in [6.45, 7) is -3.02. The highest BCUT2D eigenvalue weighted by Crippen LogP contribution is 2.37. The van der Waals surface area contributed by atoms with Crippen molar-refractivity contribution < 1.29 is 21.9 Å². The van der Waals surface area contributed by atoms with Gasteiger partial charge >= 0.3 is 6.61 Å². The smallest absolute Gasteiger partial charge is 0.387 e. The van der Waals surface area contributed by atoms with E-state index >= 15 is 0 Å². The van der Waals surface area contributed by atoms with Gasteiger partial charge in [0.1, 0.15) is 10.6 Å². The lowest BCUT2D eigenvalue weighted by Crippen LogP contribution is -2.11. The van der Waals surface area contributed by atoms with Crippen molar-refractivity contribution in [3.8, 4) is 5.75 Å². The van der Waals surface area contributed by atoms with Crippen LogP contribution >= 0.6 is 0 Å². The fourth-order valence-corrected chi connectivity index (χ4v) is 3.22. The number of sulfone groups is 1. The Labute approximate surface area is 92.0 Å². The molecule has 2 rings (SSSR count). The molecular weight excluding hydrogens is 238 g/mol. The Hall–Kier alpha value is -1.17. The summed E-state index contributed by atoms with van der Waals surface area (Å²) in [5.41, 5.74) is 0. The van der Waals surface area contributed by atoms with E-state index in [0.717, 1.165) is 0 Å². The van der Waals surface area contributed by atoms with Crippen LogP contribution in [-0.2, 0) is 9.84 Å². The Morgan fingerprint density at radius 2 is 1.88 bits per heavy atom. The van der Waals surface area contributed by atoms with Crippen LogP contribution in [0.1, 0.15) is 12.8 Å². The first kappa shape index (κ1) is 11.3. The normalized spacial score (nSPS) is 16.4. The second kappa shape index (κ2) is 4.01. The topological polar surface area (TPSA) is 43.4 Å². The molecular formula is C10H10F2O3S. The average Bonchev–Trinajstić information content (AvgIpc) is 3.00. The molecule has 0 unspecified atom stereocenters. The predicted octanol–water partition coefficient (Wildman–Crippen LogP) is 2.22. The number of halogens is 2. The zero-order chi connectivity index (χ0) is 11.8. The number of para-hydroxylation sites is 1. The summed E-state index contributed by atoms with van der Waals surface area (Å²) in [7, 11) is -3.50. The molecule has 0 spiro atoms. The number of hydrogen-bond donors (Lipinski definition) is 0. The molecule has 0 aromatic heterocycles. The van der Waals surface area contributed by atoms with Crippen molar-refractivity contribution in [2.24, 2.45) is 0 Å². The van der Waals surface area contributed by atoms with Gasteiger partial charge in [-0.25, -0.2) is 8.42 Å². The minimum atomic E-state index is -3.50. The maximum Gasteiger partial charge on any atom is 0.387 e. The van der Waals surface area contributed by atoms with Gasteiger partial charge in [-0.15, -0.1) is 0 Å². The van der Waals surface area contributed by atoms with Crippen LogP contribution in [0.5, 0.6) is 5.75 Å². The highest BCUT2D eigenvalue weighted by Gasteiger charge is 2.38. The van der Waals surface area contributed by atoms with Crippen molar-refractivity contribution in [3.63, 3.8) is 0 Å².